The molecule has 156 valence electrons. The van der Waals surface area contributed by atoms with E-state index >= 15 is 0 Å². The van der Waals surface area contributed by atoms with Crippen molar-refractivity contribution in [1.29, 1.82) is 0 Å². The Bertz CT molecular complexity index is 1140. The van der Waals surface area contributed by atoms with Gasteiger partial charge in [0, 0.05) is 18.2 Å². The highest BCUT2D eigenvalue weighted by Crippen LogP contribution is 2.43. The Labute approximate surface area is 181 Å². The van der Waals surface area contributed by atoms with E-state index in [1.807, 2.05) is 58.3 Å². The second-order valence-electron chi connectivity index (χ2n) is 8.84. The highest BCUT2D eigenvalue weighted by molar-refractivity contribution is 6.00. The van der Waals surface area contributed by atoms with Gasteiger partial charge in [-0.05, 0) is 55.5 Å². The topological polar surface area (TPSA) is 45.6 Å². The van der Waals surface area contributed by atoms with Crippen molar-refractivity contribution in [2.45, 2.75) is 37.8 Å². The minimum absolute atomic E-state index is 0.0188. The third-order valence-electron chi connectivity index (χ3n) is 6.61. The summed E-state index contributed by atoms with van der Waals surface area (Å²) in [5.41, 5.74) is 4.01. The van der Waals surface area contributed by atoms with Gasteiger partial charge in [-0.2, -0.15) is 0 Å². The lowest BCUT2D eigenvalue weighted by atomic mass is 9.97. The normalized spacial score (nSPS) is 19.5. The van der Waals surface area contributed by atoms with Crippen molar-refractivity contribution in [2.24, 2.45) is 5.92 Å². The third-order valence-corrected chi connectivity index (χ3v) is 6.61. The lowest BCUT2D eigenvalue weighted by Crippen LogP contribution is -2.47. The monoisotopic (exact) mass is 411 g/mol. The molecule has 1 atom stereocenters. The molecular formula is C26H25N3O2. The molecule has 1 aromatic heterocycles. The van der Waals surface area contributed by atoms with Crippen LogP contribution >= 0.6 is 0 Å². The molecule has 6 rings (SSSR count). The van der Waals surface area contributed by atoms with Crippen LogP contribution in [0.2, 0.25) is 0 Å². The van der Waals surface area contributed by atoms with Gasteiger partial charge in [0.05, 0.1) is 17.1 Å². The highest BCUT2D eigenvalue weighted by Gasteiger charge is 2.43. The van der Waals surface area contributed by atoms with E-state index in [1.54, 1.807) is 0 Å². The molecule has 2 aliphatic carbocycles. The number of anilines is 1. The minimum Gasteiger partial charge on any atom is -0.330 e. The summed E-state index contributed by atoms with van der Waals surface area (Å²) in [5, 5.41) is 0. The number of aromatic nitrogens is 1. The molecular weight excluding hydrogens is 386 g/mol. The first-order valence-corrected chi connectivity index (χ1v) is 11.2. The molecule has 3 aromatic rings. The SMILES string of the molecule is O=C(C1CC1)N(CC(=O)N1c2ccccc2-n2cccc2C1c1ccccc1)C1CC1. The van der Waals surface area contributed by atoms with E-state index in [2.05, 4.69) is 29.0 Å². The van der Waals surface area contributed by atoms with Crippen LogP contribution in [0.1, 0.15) is 43.0 Å². The Morgan fingerprint density at radius 1 is 0.839 bits per heavy atom. The van der Waals surface area contributed by atoms with Gasteiger partial charge in [0.15, 0.2) is 0 Å². The molecule has 3 aliphatic rings. The van der Waals surface area contributed by atoms with Crippen LogP contribution in [0.5, 0.6) is 0 Å². The van der Waals surface area contributed by atoms with Crippen molar-refractivity contribution in [3.63, 3.8) is 0 Å². The van der Waals surface area contributed by atoms with Crippen LogP contribution in [-0.2, 0) is 9.59 Å². The summed E-state index contributed by atoms with van der Waals surface area (Å²) in [5.74, 6) is 0.277. The standard InChI is InChI=1S/C26H25N3O2/c30-24(17-28(20-14-15-20)26(31)19-12-13-19)29-22-10-5-4-9-21(22)27-16-6-11-23(27)25(29)18-7-2-1-3-8-18/h1-11,16,19-20,25H,12-15,17H2. The van der Waals surface area contributed by atoms with Gasteiger partial charge in [-0.1, -0.05) is 42.5 Å². The predicted octanol–water partition coefficient (Wildman–Crippen LogP) is 4.31. The second kappa shape index (κ2) is 7.12. The average Bonchev–Trinajstić information content (AvgIpc) is 3.74. The van der Waals surface area contributed by atoms with Gasteiger partial charge >= 0.3 is 0 Å². The van der Waals surface area contributed by atoms with Gasteiger partial charge < -0.3 is 9.47 Å². The van der Waals surface area contributed by atoms with E-state index in [-0.39, 0.29) is 36.4 Å². The van der Waals surface area contributed by atoms with Crippen molar-refractivity contribution in [3.8, 4) is 5.69 Å². The highest BCUT2D eigenvalue weighted by atomic mass is 16.2. The van der Waals surface area contributed by atoms with Gasteiger partial charge in [-0.3, -0.25) is 14.5 Å². The van der Waals surface area contributed by atoms with Crippen LogP contribution in [0.15, 0.2) is 72.9 Å². The quantitative estimate of drug-likeness (QED) is 0.628. The number of para-hydroxylation sites is 2. The van der Waals surface area contributed by atoms with E-state index in [1.165, 1.54) is 0 Å². The number of fused-ring (bicyclic) bond motifs is 3. The molecule has 2 saturated carbocycles. The Morgan fingerprint density at radius 2 is 1.55 bits per heavy atom. The number of hydrogen-bond donors (Lipinski definition) is 0. The largest absolute Gasteiger partial charge is 0.330 e. The fraction of sp³-hybridized carbons (Fsp3) is 0.308. The van der Waals surface area contributed by atoms with Crippen LogP contribution in [0.25, 0.3) is 5.69 Å². The summed E-state index contributed by atoms with van der Waals surface area (Å²) in [6.07, 6.45) is 5.99. The lowest BCUT2D eigenvalue weighted by Gasteiger charge is -2.39. The fourth-order valence-electron chi connectivity index (χ4n) is 4.77. The van der Waals surface area contributed by atoms with E-state index in [4.69, 9.17) is 0 Å². The number of nitrogens with zero attached hydrogens (tertiary/aromatic N) is 3. The van der Waals surface area contributed by atoms with Gasteiger partial charge in [0.2, 0.25) is 11.8 Å². The van der Waals surface area contributed by atoms with E-state index < -0.39 is 0 Å². The molecule has 0 N–H and O–H groups in total. The first kappa shape index (κ1) is 18.4. The minimum atomic E-state index is -0.226. The maximum Gasteiger partial charge on any atom is 0.247 e. The second-order valence-corrected chi connectivity index (χ2v) is 8.84. The zero-order valence-corrected chi connectivity index (χ0v) is 17.4. The number of benzene rings is 2. The number of carbonyl (C=O) groups excluding carboxylic acids is 2. The Kier molecular flexibility index (Phi) is 4.23. The molecule has 1 unspecified atom stereocenters. The van der Waals surface area contributed by atoms with Gasteiger partial charge in [-0.25, -0.2) is 0 Å². The average molecular weight is 412 g/mol. The first-order chi connectivity index (χ1) is 15.2. The molecule has 2 fully saturated rings. The van der Waals surface area contributed by atoms with Crippen LogP contribution in [-0.4, -0.2) is 33.9 Å². The lowest BCUT2D eigenvalue weighted by molar-refractivity contribution is -0.137. The van der Waals surface area contributed by atoms with Gasteiger partial charge in [0.25, 0.3) is 0 Å². The van der Waals surface area contributed by atoms with Crippen LogP contribution in [0, 0.1) is 5.92 Å². The molecule has 1 aliphatic heterocycles. The summed E-state index contributed by atoms with van der Waals surface area (Å²) >= 11 is 0. The summed E-state index contributed by atoms with van der Waals surface area (Å²) in [4.78, 5) is 30.6. The smallest absolute Gasteiger partial charge is 0.247 e. The molecule has 5 nitrogen and oxygen atoms in total. The molecule has 5 heteroatoms. The zero-order valence-electron chi connectivity index (χ0n) is 17.4. The number of carbonyl (C=O) groups is 2. The van der Waals surface area contributed by atoms with Crippen molar-refractivity contribution >= 4 is 17.5 Å². The van der Waals surface area contributed by atoms with E-state index in [9.17, 15) is 9.59 Å². The number of hydrogen-bond acceptors (Lipinski definition) is 2. The molecule has 0 spiro atoms. The Morgan fingerprint density at radius 3 is 2.26 bits per heavy atom. The summed E-state index contributed by atoms with van der Waals surface area (Å²) in [6, 6.07) is 22.3. The molecule has 0 saturated heterocycles. The predicted molar refractivity (Wildman–Crippen MR) is 119 cm³/mol. The third kappa shape index (κ3) is 3.16. The number of rotatable bonds is 5. The molecule has 2 heterocycles. The van der Waals surface area contributed by atoms with Crippen molar-refractivity contribution in [3.05, 3.63) is 84.2 Å². The summed E-state index contributed by atoms with van der Waals surface area (Å²) in [7, 11) is 0. The van der Waals surface area contributed by atoms with E-state index in [0.29, 0.717) is 0 Å². The maximum atomic E-state index is 13.9. The summed E-state index contributed by atoms with van der Waals surface area (Å²) < 4.78 is 2.17. The van der Waals surface area contributed by atoms with Gasteiger partial charge in [-0.15, -0.1) is 0 Å². The Hall–Kier alpha value is -3.34. The summed E-state index contributed by atoms with van der Waals surface area (Å²) in [6.45, 7) is 0.151. The molecule has 0 bridgehead atoms. The van der Waals surface area contributed by atoms with Crippen molar-refractivity contribution < 1.29 is 9.59 Å². The molecule has 2 amide bonds. The maximum absolute atomic E-state index is 13.9. The molecule has 2 aromatic carbocycles. The van der Waals surface area contributed by atoms with Gasteiger partial charge in [0.1, 0.15) is 12.6 Å². The van der Waals surface area contributed by atoms with Crippen LogP contribution in [0.4, 0.5) is 5.69 Å². The van der Waals surface area contributed by atoms with E-state index in [0.717, 1.165) is 48.3 Å². The Balaban J connectivity index is 1.43. The molecule has 0 radical (unpaired) electrons. The fourth-order valence-corrected chi connectivity index (χ4v) is 4.77. The van der Waals surface area contributed by atoms with Crippen LogP contribution in [0.3, 0.4) is 0 Å². The molecule has 31 heavy (non-hydrogen) atoms. The number of amides is 2. The zero-order chi connectivity index (χ0) is 20.9. The van der Waals surface area contributed by atoms with Crippen LogP contribution < -0.4 is 4.90 Å². The first-order valence-electron chi connectivity index (χ1n) is 11.2. The van der Waals surface area contributed by atoms with Crippen molar-refractivity contribution in [1.82, 2.24) is 9.47 Å². The van der Waals surface area contributed by atoms with Crippen molar-refractivity contribution in [2.75, 3.05) is 11.4 Å².